The molecule has 1 saturated carbocycles. The SMILES string of the molecule is NCC1CC(OCC(=O)NC2CCOCC2)C1. The second kappa shape index (κ2) is 6.33. The van der Waals surface area contributed by atoms with Gasteiger partial charge in [0.2, 0.25) is 5.91 Å². The van der Waals surface area contributed by atoms with E-state index in [-0.39, 0.29) is 24.7 Å². The number of nitrogens with one attached hydrogen (secondary N) is 1. The van der Waals surface area contributed by atoms with Gasteiger partial charge in [-0.05, 0) is 38.1 Å². The van der Waals surface area contributed by atoms with Gasteiger partial charge in [0, 0.05) is 19.3 Å². The Balaban J connectivity index is 1.55. The molecule has 17 heavy (non-hydrogen) atoms. The fourth-order valence-corrected chi connectivity index (χ4v) is 2.31. The van der Waals surface area contributed by atoms with Gasteiger partial charge in [-0.1, -0.05) is 0 Å². The topological polar surface area (TPSA) is 73.6 Å². The molecule has 2 fully saturated rings. The first kappa shape index (κ1) is 12.8. The maximum Gasteiger partial charge on any atom is 0.246 e. The third-order valence-electron chi connectivity index (χ3n) is 3.56. The van der Waals surface area contributed by atoms with Crippen molar-refractivity contribution in [2.24, 2.45) is 11.7 Å². The summed E-state index contributed by atoms with van der Waals surface area (Å²) in [6.45, 7) is 2.40. The van der Waals surface area contributed by atoms with Crippen molar-refractivity contribution in [1.29, 1.82) is 0 Å². The lowest BCUT2D eigenvalue weighted by atomic mass is 9.82. The number of nitrogens with two attached hydrogens (primary N) is 1. The van der Waals surface area contributed by atoms with E-state index in [1.54, 1.807) is 0 Å². The van der Waals surface area contributed by atoms with E-state index in [1.165, 1.54) is 0 Å². The standard InChI is InChI=1S/C12H22N2O3/c13-7-9-5-11(6-9)17-8-12(15)14-10-1-3-16-4-2-10/h9-11H,1-8,13H2,(H,14,15). The average molecular weight is 242 g/mol. The lowest BCUT2D eigenvalue weighted by Gasteiger charge is -2.34. The van der Waals surface area contributed by atoms with Crippen molar-refractivity contribution in [1.82, 2.24) is 5.32 Å². The van der Waals surface area contributed by atoms with Gasteiger partial charge in [0.1, 0.15) is 6.61 Å². The molecular formula is C12H22N2O3. The minimum atomic E-state index is -0.00639. The highest BCUT2D eigenvalue weighted by atomic mass is 16.5. The van der Waals surface area contributed by atoms with Crippen LogP contribution in [0.5, 0.6) is 0 Å². The maximum absolute atomic E-state index is 11.6. The summed E-state index contributed by atoms with van der Waals surface area (Å²) in [6.07, 6.45) is 4.06. The van der Waals surface area contributed by atoms with Crippen LogP contribution >= 0.6 is 0 Å². The zero-order valence-corrected chi connectivity index (χ0v) is 10.2. The summed E-state index contributed by atoms with van der Waals surface area (Å²) in [7, 11) is 0. The Bertz CT molecular complexity index is 248. The Morgan fingerprint density at radius 1 is 1.35 bits per heavy atom. The molecule has 1 heterocycles. The molecule has 0 spiro atoms. The van der Waals surface area contributed by atoms with E-state index in [2.05, 4.69) is 5.32 Å². The molecule has 5 nitrogen and oxygen atoms in total. The number of carbonyl (C=O) groups excluding carboxylic acids is 1. The first-order valence-electron chi connectivity index (χ1n) is 6.46. The molecule has 5 heteroatoms. The second-order valence-electron chi connectivity index (χ2n) is 4.96. The van der Waals surface area contributed by atoms with Crippen LogP contribution in [-0.4, -0.2) is 44.4 Å². The zero-order valence-electron chi connectivity index (χ0n) is 10.2. The summed E-state index contributed by atoms with van der Waals surface area (Å²) in [5, 5.41) is 2.98. The van der Waals surface area contributed by atoms with Crippen molar-refractivity contribution in [3.63, 3.8) is 0 Å². The maximum atomic E-state index is 11.6. The molecule has 1 aliphatic carbocycles. The minimum absolute atomic E-state index is 0.00639. The van der Waals surface area contributed by atoms with E-state index in [0.29, 0.717) is 5.92 Å². The third-order valence-corrected chi connectivity index (χ3v) is 3.56. The summed E-state index contributed by atoms with van der Waals surface area (Å²) in [6, 6.07) is 0.262. The van der Waals surface area contributed by atoms with Crippen molar-refractivity contribution < 1.29 is 14.3 Å². The number of amides is 1. The number of hydrogen-bond acceptors (Lipinski definition) is 4. The van der Waals surface area contributed by atoms with E-state index in [1.807, 2.05) is 0 Å². The lowest BCUT2D eigenvalue weighted by Crippen LogP contribution is -2.43. The highest BCUT2D eigenvalue weighted by molar-refractivity contribution is 5.77. The predicted molar refractivity (Wildman–Crippen MR) is 63.5 cm³/mol. The highest BCUT2D eigenvalue weighted by Gasteiger charge is 2.29. The first-order valence-corrected chi connectivity index (χ1v) is 6.46. The van der Waals surface area contributed by atoms with Crippen LogP contribution < -0.4 is 11.1 Å². The molecule has 2 aliphatic rings. The fraction of sp³-hybridized carbons (Fsp3) is 0.917. The third kappa shape index (κ3) is 3.94. The van der Waals surface area contributed by atoms with Crippen LogP contribution in [0.2, 0.25) is 0 Å². The van der Waals surface area contributed by atoms with Crippen LogP contribution in [0.4, 0.5) is 0 Å². The van der Waals surface area contributed by atoms with Gasteiger partial charge in [-0.3, -0.25) is 4.79 Å². The molecule has 0 unspecified atom stereocenters. The molecule has 3 N–H and O–H groups in total. The van der Waals surface area contributed by atoms with Gasteiger partial charge in [-0.25, -0.2) is 0 Å². The Morgan fingerprint density at radius 3 is 2.71 bits per heavy atom. The summed E-state index contributed by atoms with van der Waals surface area (Å²) >= 11 is 0. The van der Waals surface area contributed by atoms with Crippen LogP contribution in [0.1, 0.15) is 25.7 Å². The van der Waals surface area contributed by atoms with E-state index in [0.717, 1.165) is 45.4 Å². The number of carbonyl (C=O) groups is 1. The Morgan fingerprint density at radius 2 is 2.06 bits per heavy atom. The molecule has 1 amide bonds. The molecule has 98 valence electrons. The molecule has 0 radical (unpaired) electrons. The van der Waals surface area contributed by atoms with Gasteiger partial charge in [-0.15, -0.1) is 0 Å². The molecule has 0 aromatic heterocycles. The summed E-state index contributed by atoms with van der Waals surface area (Å²) < 4.78 is 10.8. The van der Waals surface area contributed by atoms with Crippen LogP contribution in [0.15, 0.2) is 0 Å². The molecule has 1 aliphatic heterocycles. The van der Waals surface area contributed by atoms with Crippen molar-refractivity contribution in [2.45, 2.75) is 37.8 Å². The molecule has 0 atom stereocenters. The summed E-state index contributed by atoms with van der Waals surface area (Å²) in [5.74, 6) is 0.589. The highest BCUT2D eigenvalue weighted by Crippen LogP contribution is 2.28. The van der Waals surface area contributed by atoms with Crippen LogP contribution in [0, 0.1) is 5.92 Å². The van der Waals surface area contributed by atoms with Gasteiger partial charge in [0.15, 0.2) is 0 Å². The number of ether oxygens (including phenoxy) is 2. The molecule has 0 bridgehead atoms. The number of rotatable bonds is 5. The van der Waals surface area contributed by atoms with E-state index >= 15 is 0 Å². The normalized spacial score (nSPS) is 29.7. The molecule has 1 saturated heterocycles. The summed E-state index contributed by atoms with van der Waals surface area (Å²) in [4.78, 5) is 11.6. The van der Waals surface area contributed by atoms with Gasteiger partial charge in [-0.2, -0.15) is 0 Å². The van der Waals surface area contributed by atoms with E-state index in [4.69, 9.17) is 15.2 Å². The molecule has 0 aromatic carbocycles. The largest absolute Gasteiger partial charge is 0.381 e. The quantitative estimate of drug-likeness (QED) is 0.713. The summed E-state index contributed by atoms with van der Waals surface area (Å²) in [5.41, 5.74) is 5.53. The molecule has 2 rings (SSSR count). The van der Waals surface area contributed by atoms with Crippen LogP contribution in [0.25, 0.3) is 0 Å². The lowest BCUT2D eigenvalue weighted by molar-refractivity contribution is -0.132. The van der Waals surface area contributed by atoms with Crippen molar-refractivity contribution in [2.75, 3.05) is 26.4 Å². The van der Waals surface area contributed by atoms with E-state index < -0.39 is 0 Å². The van der Waals surface area contributed by atoms with Gasteiger partial charge in [0.05, 0.1) is 6.10 Å². The second-order valence-corrected chi connectivity index (χ2v) is 4.96. The molecular weight excluding hydrogens is 220 g/mol. The minimum Gasteiger partial charge on any atom is -0.381 e. The smallest absolute Gasteiger partial charge is 0.246 e. The Hall–Kier alpha value is -0.650. The first-order chi connectivity index (χ1) is 8.28. The van der Waals surface area contributed by atoms with E-state index in [9.17, 15) is 4.79 Å². The van der Waals surface area contributed by atoms with Gasteiger partial charge >= 0.3 is 0 Å². The fourth-order valence-electron chi connectivity index (χ4n) is 2.31. The van der Waals surface area contributed by atoms with Crippen molar-refractivity contribution in [3.05, 3.63) is 0 Å². The van der Waals surface area contributed by atoms with Crippen molar-refractivity contribution in [3.8, 4) is 0 Å². The zero-order chi connectivity index (χ0) is 12.1. The average Bonchev–Trinajstić information content (AvgIpc) is 2.28. The van der Waals surface area contributed by atoms with Crippen LogP contribution in [0.3, 0.4) is 0 Å². The predicted octanol–water partition coefficient (Wildman–Crippen LogP) is 0.0355. The Kier molecular flexibility index (Phi) is 4.76. The van der Waals surface area contributed by atoms with Crippen LogP contribution in [-0.2, 0) is 14.3 Å². The monoisotopic (exact) mass is 242 g/mol. The van der Waals surface area contributed by atoms with Gasteiger partial charge < -0.3 is 20.5 Å². The number of hydrogen-bond donors (Lipinski definition) is 2. The van der Waals surface area contributed by atoms with Gasteiger partial charge in [0.25, 0.3) is 0 Å². The molecule has 0 aromatic rings. The van der Waals surface area contributed by atoms with Crippen molar-refractivity contribution >= 4 is 5.91 Å². The Labute approximate surface area is 102 Å².